The number of halogens is 1. The molecule has 0 aliphatic heterocycles. The molecule has 0 spiro atoms. The van der Waals surface area contributed by atoms with Gasteiger partial charge in [0.2, 0.25) is 0 Å². The lowest BCUT2D eigenvalue weighted by atomic mass is 10.1. The van der Waals surface area contributed by atoms with Crippen LogP contribution in [0.2, 0.25) is 0 Å². The Balaban J connectivity index is 1.86. The van der Waals surface area contributed by atoms with Gasteiger partial charge in [0, 0.05) is 18.3 Å². The minimum Gasteiger partial charge on any atom is -0.508 e. The van der Waals surface area contributed by atoms with E-state index in [1.807, 2.05) is 28.8 Å². The molecule has 0 amide bonds. The summed E-state index contributed by atoms with van der Waals surface area (Å²) in [6, 6.07) is 17.0. The normalized spacial score (nSPS) is 11.0. The summed E-state index contributed by atoms with van der Waals surface area (Å²) in [6.07, 6.45) is 2.29. The summed E-state index contributed by atoms with van der Waals surface area (Å²) >= 11 is 0. The smallest absolute Gasteiger partial charge is 0.164 e. The first kappa shape index (κ1) is 14.4. The van der Waals surface area contributed by atoms with Gasteiger partial charge in [-0.05, 0) is 54.1 Å². The van der Waals surface area contributed by atoms with Crippen LogP contribution in [0.3, 0.4) is 0 Å². The van der Waals surface area contributed by atoms with Gasteiger partial charge in [-0.25, -0.2) is 14.4 Å². The van der Waals surface area contributed by atoms with E-state index in [-0.39, 0.29) is 11.6 Å². The lowest BCUT2D eigenvalue weighted by Gasteiger charge is -2.09. The molecule has 5 heteroatoms. The van der Waals surface area contributed by atoms with Crippen molar-refractivity contribution in [1.29, 1.82) is 0 Å². The van der Waals surface area contributed by atoms with Crippen molar-refractivity contribution in [3.8, 4) is 11.4 Å². The number of hydrogen-bond donors (Lipinski definition) is 1. The third-order valence-electron chi connectivity index (χ3n) is 3.87. The molecule has 0 fully saturated rings. The number of aromatic hydroxyl groups is 1. The van der Waals surface area contributed by atoms with Crippen LogP contribution in [-0.4, -0.2) is 19.6 Å². The van der Waals surface area contributed by atoms with Crippen molar-refractivity contribution in [3.05, 3.63) is 84.1 Å². The monoisotopic (exact) mass is 319 g/mol. The molecule has 2 aromatic carbocycles. The minimum atomic E-state index is -0.281. The van der Waals surface area contributed by atoms with Crippen molar-refractivity contribution in [3.63, 3.8) is 0 Å². The molecule has 24 heavy (non-hydrogen) atoms. The summed E-state index contributed by atoms with van der Waals surface area (Å²) < 4.78 is 15.2. The van der Waals surface area contributed by atoms with Gasteiger partial charge in [0.1, 0.15) is 22.9 Å². The molecule has 0 unspecified atom stereocenters. The van der Waals surface area contributed by atoms with E-state index >= 15 is 0 Å². The predicted octanol–water partition coefficient (Wildman–Crippen LogP) is 3.86. The second-order valence-corrected chi connectivity index (χ2v) is 5.53. The molecule has 0 saturated heterocycles. The molecule has 0 aliphatic carbocycles. The van der Waals surface area contributed by atoms with E-state index in [1.54, 1.807) is 30.5 Å². The van der Waals surface area contributed by atoms with E-state index in [0.717, 1.165) is 28.2 Å². The SMILES string of the molecule is Oc1ccc(Cc2nc3cccnc3n2-c2ccc(F)cc2)cc1. The molecule has 0 saturated carbocycles. The Kier molecular flexibility index (Phi) is 3.46. The number of benzene rings is 2. The van der Waals surface area contributed by atoms with Crippen molar-refractivity contribution < 1.29 is 9.50 Å². The van der Waals surface area contributed by atoms with Crippen molar-refractivity contribution in [2.45, 2.75) is 6.42 Å². The highest BCUT2D eigenvalue weighted by atomic mass is 19.1. The molecular weight excluding hydrogens is 305 g/mol. The van der Waals surface area contributed by atoms with E-state index < -0.39 is 0 Å². The highest BCUT2D eigenvalue weighted by molar-refractivity contribution is 5.74. The minimum absolute atomic E-state index is 0.229. The van der Waals surface area contributed by atoms with Crippen LogP contribution in [0, 0.1) is 5.82 Å². The van der Waals surface area contributed by atoms with E-state index in [4.69, 9.17) is 0 Å². The molecule has 0 radical (unpaired) electrons. The number of phenols is 1. The first-order valence-corrected chi connectivity index (χ1v) is 7.57. The van der Waals surface area contributed by atoms with Gasteiger partial charge in [-0.2, -0.15) is 0 Å². The van der Waals surface area contributed by atoms with Crippen LogP contribution in [0.25, 0.3) is 16.9 Å². The van der Waals surface area contributed by atoms with E-state index in [9.17, 15) is 9.50 Å². The maximum Gasteiger partial charge on any atom is 0.164 e. The summed E-state index contributed by atoms with van der Waals surface area (Å²) in [4.78, 5) is 9.10. The first-order valence-electron chi connectivity index (χ1n) is 7.57. The molecule has 2 heterocycles. The van der Waals surface area contributed by atoms with Gasteiger partial charge in [-0.1, -0.05) is 12.1 Å². The zero-order valence-electron chi connectivity index (χ0n) is 12.7. The lowest BCUT2D eigenvalue weighted by molar-refractivity contribution is 0.475. The standard InChI is InChI=1S/C19H14FN3O/c20-14-5-7-15(8-6-14)23-18(12-13-3-9-16(24)10-4-13)22-17-2-1-11-21-19(17)23/h1-11,24H,12H2. The molecule has 4 aromatic rings. The molecule has 118 valence electrons. The average Bonchev–Trinajstić information content (AvgIpc) is 2.96. The third kappa shape index (κ3) is 2.60. The second-order valence-electron chi connectivity index (χ2n) is 5.53. The summed E-state index contributed by atoms with van der Waals surface area (Å²) in [7, 11) is 0. The Morgan fingerprint density at radius 3 is 2.46 bits per heavy atom. The van der Waals surface area contributed by atoms with Gasteiger partial charge in [-0.3, -0.25) is 4.57 Å². The number of phenolic OH excluding ortho intramolecular Hbond substituents is 1. The quantitative estimate of drug-likeness (QED) is 0.624. The topological polar surface area (TPSA) is 50.9 Å². The fourth-order valence-electron chi connectivity index (χ4n) is 2.74. The zero-order valence-corrected chi connectivity index (χ0v) is 12.7. The van der Waals surface area contributed by atoms with E-state index in [2.05, 4.69) is 9.97 Å². The lowest BCUT2D eigenvalue weighted by Crippen LogP contribution is -2.03. The summed E-state index contributed by atoms with van der Waals surface area (Å²) in [5.74, 6) is 0.754. The molecule has 4 nitrogen and oxygen atoms in total. The summed E-state index contributed by atoms with van der Waals surface area (Å²) in [5.41, 5.74) is 3.35. The van der Waals surface area contributed by atoms with Gasteiger partial charge >= 0.3 is 0 Å². The van der Waals surface area contributed by atoms with Crippen LogP contribution in [0.15, 0.2) is 66.9 Å². The van der Waals surface area contributed by atoms with Crippen molar-refractivity contribution in [2.24, 2.45) is 0 Å². The Morgan fingerprint density at radius 1 is 0.958 bits per heavy atom. The number of imidazole rings is 1. The molecule has 1 N–H and O–H groups in total. The fourth-order valence-corrected chi connectivity index (χ4v) is 2.74. The number of aromatic nitrogens is 3. The molecule has 0 bridgehead atoms. The van der Waals surface area contributed by atoms with Gasteiger partial charge in [-0.15, -0.1) is 0 Å². The van der Waals surface area contributed by atoms with Gasteiger partial charge in [0.25, 0.3) is 0 Å². The molecule has 4 rings (SSSR count). The Labute approximate surface area is 137 Å². The van der Waals surface area contributed by atoms with Crippen LogP contribution in [0.1, 0.15) is 11.4 Å². The van der Waals surface area contributed by atoms with Crippen molar-refractivity contribution >= 4 is 11.2 Å². The molecule has 0 aliphatic rings. The third-order valence-corrected chi connectivity index (χ3v) is 3.87. The number of nitrogens with zero attached hydrogens (tertiary/aromatic N) is 3. The first-order chi connectivity index (χ1) is 11.7. The predicted molar refractivity (Wildman–Crippen MR) is 89.7 cm³/mol. The van der Waals surface area contributed by atoms with Gasteiger partial charge in [0.05, 0.1) is 0 Å². The Hall–Kier alpha value is -3.21. The summed E-state index contributed by atoms with van der Waals surface area (Å²) in [6.45, 7) is 0. The molecule has 0 atom stereocenters. The maximum atomic E-state index is 13.3. The van der Waals surface area contributed by atoms with Crippen LogP contribution in [0.5, 0.6) is 5.75 Å². The summed E-state index contributed by atoms with van der Waals surface area (Å²) in [5, 5.41) is 9.43. The number of fused-ring (bicyclic) bond motifs is 1. The highest BCUT2D eigenvalue weighted by Gasteiger charge is 2.14. The van der Waals surface area contributed by atoms with E-state index in [1.165, 1.54) is 12.1 Å². The van der Waals surface area contributed by atoms with Crippen molar-refractivity contribution in [1.82, 2.24) is 14.5 Å². The van der Waals surface area contributed by atoms with Crippen LogP contribution < -0.4 is 0 Å². The number of rotatable bonds is 3. The average molecular weight is 319 g/mol. The van der Waals surface area contributed by atoms with Crippen LogP contribution in [0.4, 0.5) is 4.39 Å². The maximum absolute atomic E-state index is 13.3. The fraction of sp³-hybridized carbons (Fsp3) is 0.0526. The van der Waals surface area contributed by atoms with Gasteiger partial charge in [0.15, 0.2) is 5.65 Å². The number of hydrogen-bond acceptors (Lipinski definition) is 3. The van der Waals surface area contributed by atoms with Crippen LogP contribution in [-0.2, 0) is 6.42 Å². The Bertz CT molecular complexity index is 991. The highest BCUT2D eigenvalue weighted by Crippen LogP contribution is 2.22. The van der Waals surface area contributed by atoms with Gasteiger partial charge < -0.3 is 5.11 Å². The van der Waals surface area contributed by atoms with E-state index in [0.29, 0.717) is 6.42 Å². The Morgan fingerprint density at radius 2 is 1.71 bits per heavy atom. The van der Waals surface area contributed by atoms with Crippen molar-refractivity contribution in [2.75, 3.05) is 0 Å². The largest absolute Gasteiger partial charge is 0.508 e. The van der Waals surface area contributed by atoms with Crippen LogP contribution >= 0.6 is 0 Å². The second kappa shape index (κ2) is 5.77. The zero-order chi connectivity index (χ0) is 16.5. The molecular formula is C19H14FN3O. The molecule has 2 aromatic heterocycles. The number of pyridine rings is 1.